The molecule has 0 bridgehead atoms. The molecule has 1 saturated heterocycles. The average Bonchev–Trinajstić information content (AvgIpc) is 3.14. The fourth-order valence-corrected chi connectivity index (χ4v) is 4.13. The third kappa shape index (κ3) is 5.21. The summed E-state index contributed by atoms with van der Waals surface area (Å²) in [7, 11) is 1.87. The molecule has 4 nitrogen and oxygen atoms in total. The minimum atomic E-state index is 0.593. The molecule has 1 heterocycles. The van der Waals surface area contributed by atoms with Gasteiger partial charge in [-0.1, -0.05) is 43.5 Å². The second-order valence-corrected chi connectivity index (χ2v) is 7.64. The van der Waals surface area contributed by atoms with Crippen LogP contribution < -0.4 is 10.6 Å². The number of likely N-dealkylation sites (tertiary alicyclic amines) is 1. The predicted octanol–water partition coefficient (Wildman–Crippen LogP) is 3.67. The first-order valence-corrected chi connectivity index (χ1v) is 10.0. The molecular weight excluding hydrogens is 308 g/mol. The third-order valence-corrected chi connectivity index (χ3v) is 5.80. The summed E-state index contributed by atoms with van der Waals surface area (Å²) in [6, 6.07) is 10.1. The molecule has 1 aliphatic heterocycles. The van der Waals surface area contributed by atoms with Gasteiger partial charge in [0.05, 0.1) is 0 Å². The first-order chi connectivity index (χ1) is 12.3. The summed E-state index contributed by atoms with van der Waals surface area (Å²) in [5, 5.41) is 7.09. The van der Waals surface area contributed by atoms with Crippen LogP contribution in [0.4, 0.5) is 0 Å². The minimum absolute atomic E-state index is 0.593. The molecule has 0 spiro atoms. The van der Waals surface area contributed by atoms with Crippen LogP contribution in [0.15, 0.2) is 29.3 Å². The summed E-state index contributed by atoms with van der Waals surface area (Å²) in [5.41, 5.74) is 2.83. The normalized spacial score (nSPS) is 23.0. The number of rotatable bonds is 5. The summed E-state index contributed by atoms with van der Waals surface area (Å²) in [5.74, 6) is 0.938. The van der Waals surface area contributed by atoms with E-state index in [0.717, 1.165) is 19.0 Å². The molecule has 1 unspecified atom stereocenters. The van der Waals surface area contributed by atoms with E-state index < -0.39 is 0 Å². The Balaban J connectivity index is 1.58. The van der Waals surface area contributed by atoms with Crippen molar-refractivity contribution < 1.29 is 0 Å². The molecule has 1 aromatic carbocycles. The van der Waals surface area contributed by atoms with Crippen molar-refractivity contribution in [3.05, 3.63) is 35.4 Å². The van der Waals surface area contributed by atoms with Crippen molar-refractivity contribution in [1.82, 2.24) is 15.5 Å². The molecule has 0 aromatic heterocycles. The number of hydrogen-bond donors (Lipinski definition) is 2. The molecule has 2 fully saturated rings. The quantitative estimate of drug-likeness (QED) is 0.633. The van der Waals surface area contributed by atoms with Crippen LogP contribution >= 0.6 is 0 Å². The van der Waals surface area contributed by atoms with Gasteiger partial charge in [-0.15, -0.1) is 0 Å². The van der Waals surface area contributed by atoms with Crippen molar-refractivity contribution in [3.8, 4) is 0 Å². The van der Waals surface area contributed by atoms with E-state index in [1.165, 1.54) is 62.6 Å². The van der Waals surface area contributed by atoms with Crippen molar-refractivity contribution >= 4 is 5.96 Å². The number of guanidine groups is 1. The van der Waals surface area contributed by atoms with Crippen LogP contribution in [-0.2, 0) is 13.1 Å². The molecule has 1 aliphatic carbocycles. The lowest BCUT2D eigenvalue weighted by Gasteiger charge is -2.33. The minimum Gasteiger partial charge on any atom is -0.354 e. The van der Waals surface area contributed by atoms with Crippen molar-refractivity contribution in [2.75, 3.05) is 13.6 Å². The van der Waals surface area contributed by atoms with Crippen LogP contribution in [0.5, 0.6) is 0 Å². The Morgan fingerprint density at radius 1 is 1.08 bits per heavy atom. The number of aliphatic imine (C=N–C) groups is 1. The van der Waals surface area contributed by atoms with Gasteiger partial charge in [-0.05, 0) is 50.3 Å². The molecule has 1 aromatic rings. The maximum Gasteiger partial charge on any atom is 0.191 e. The van der Waals surface area contributed by atoms with E-state index in [2.05, 4.69) is 51.7 Å². The Bertz CT molecular complexity index is 563. The summed E-state index contributed by atoms with van der Waals surface area (Å²) in [4.78, 5) is 7.04. The molecular formula is C21H34N4. The highest BCUT2D eigenvalue weighted by Crippen LogP contribution is 2.21. The van der Waals surface area contributed by atoms with E-state index in [0.29, 0.717) is 12.1 Å². The van der Waals surface area contributed by atoms with Crippen LogP contribution in [0.2, 0.25) is 0 Å². The zero-order chi connectivity index (χ0) is 17.5. The summed E-state index contributed by atoms with van der Waals surface area (Å²) in [6.45, 7) is 5.50. The van der Waals surface area contributed by atoms with E-state index in [-0.39, 0.29) is 0 Å². The largest absolute Gasteiger partial charge is 0.354 e. The second kappa shape index (κ2) is 9.23. The summed E-state index contributed by atoms with van der Waals surface area (Å²) < 4.78 is 0. The molecule has 3 rings (SSSR count). The van der Waals surface area contributed by atoms with E-state index in [9.17, 15) is 0 Å². The van der Waals surface area contributed by atoms with Gasteiger partial charge < -0.3 is 10.6 Å². The van der Waals surface area contributed by atoms with E-state index in [1.54, 1.807) is 0 Å². The fourth-order valence-electron chi connectivity index (χ4n) is 4.13. The van der Waals surface area contributed by atoms with Gasteiger partial charge in [0.25, 0.3) is 0 Å². The third-order valence-electron chi connectivity index (χ3n) is 5.80. The van der Waals surface area contributed by atoms with Gasteiger partial charge in [0.2, 0.25) is 0 Å². The second-order valence-electron chi connectivity index (χ2n) is 7.64. The number of nitrogens with one attached hydrogen (secondary N) is 2. The van der Waals surface area contributed by atoms with Crippen LogP contribution in [0.1, 0.15) is 63.0 Å². The molecule has 1 saturated carbocycles. The van der Waals surface area contributed by atoms with Crippen molar-refractivity contribution in [2.24, 2.45) is 4.99 Å². The van der Waals surface area contributed by atoms with Crippen molar-refractivity contribution in [2.45, 2.75) is 77.0 Å². The fraction of sp³-hybridized carbons (Fsp3) is 0.667. The zero-order valence-electron chi connectivity index (χ0n) is 15.9. The van der Waals surface area contributed by atoms with Gasteiger partial charge in [0, 0.05) is 32.2 Å². The van der Waals surface area contributed by atoms with Gasteiger partial charge in [0.1, 0.15) is 0 Å². The Morgan fingerprint density at radius 3 is 2.52 bits per heavy atom. The van der Waals surface area contributed by atoms with Crippen LogP contribution in [0.3, 0.4) is 0 Å². The van der Waals surface area contributed by atoms with Gasteiger partial charge in [-0.2, -0.15) is 0 Å². The maximum atomic E-state index is 4.41. The number of piperidine rings is 1. The highest BCUT2D eigenvalue weighted by Gasteiger charge is 2.19. The van der Waals surface area contributed by atoms with Gasteiger partial charge in [0.15, 0.2) is 5.96 Å². The van der Waals surface area contributed by atoms with Crippen LogP contribution in [0, 0.1) is 0 Å². The first-order valence-electron chi connectivity index (χ1n) is 10.0. The van der Waals surface area contributed by atoms with E-state index in [1.807, 2.05) is 7.05 Å². The molecule has 138 valence electrons. The molecule has 1 atom stereocenters. The molecule has 2 N–H and O–H groups in total. The standard InChI is InChI=1S/C21H34N4/c1-17-9-7-8-14-25(17)16-19-11-4-3-10-18(19)15-23-21(22-2)24-20-12-5-6-13-20/h3-4,10-11,17,20H,5-9,12-16H2,1-2H3,(H2,22,23,24). The Kier molecular flexibility index (Phi) is 6.74. The lowest BCUT2D eigenvalue weighted by Crippen LogP contribution is -2.42. The molecule has 0 radical (unpaired) electrons. The highest BCUT2D eigenvalue weighted by molar-refractivity contribution is 5.80. The number of hydrogen-bond acceptors (Lipinski definition) is 2. The average molecular weight is 343 g/mol. The topological polar surface area (TPSA) is 39.7 Å². The molecule has 4 heteroatoms. The lowest BCUT2D eigenvalue weighted by molar-refractivity contribution is 0.152. The number of benzene rings is 1. The number of nitrogens with zero attached hydrogens (tertiary/aromatic N) is 2. The van der Waals surface area contributed by atoms with Crippen molar-refractivity contribution in [1.29, 1.82) is 0 Å². The molecule has 25 heavy (non-hydrogen) atoms. The summed E-state index contributed by atoms with van der Waals surface area (Å²) >= 11 is 0. The maximum absolute atomic E-state index is 4.41. The van der Waals surface area contributed by atoms with Gasteiger partial charge in [-0.3, -0.25) is 9.89 Å². The Hall–Kier alpha value is -1.55. The van der Waals surface area contributed by atoms with E-state index in [4.69, 9.17) is 0 Å². The molecule has 2 aliphatic rings. The summed E-state index contributed by atoms with van der Waals surface area (Å²) in [6.07, 6.45) is 9.26. The smallest absolute Gasteiger partial charge is 0.191 e. The zero-order valence-corrected chi connectivity index (χ0v) is 15.9. The lowest BCUT2D eigenvalue weighted by atomic mass is 10.0. The monoisotopic (exact) mass is 342 g/mol. The Labute approximate surface area is 153 Å². The van der Waals surface area contributed by atoms with Crippen molar-refractivity contribution in [3.63, 3.8) is 0 Å². The van der Waals surface area contributed by atoms with E-state index >= 15 is 0 Å². The highest BCUT2D eigenvalue weighted by atomic mass is 15.2. The van der Waals surface area contributed by atoms with Gasteiger partial charge in [-0.25, -0.2) is 0 Å². The predicted molar refractivity (Wildman–Crippen MR) is 106 cm³/mol. The SMILES string of the molecule is CN=C(NCc1ccccc1CN1CCCCC1C)NC1CCCC1. The first kappa shape index (κ1) is 18.2. The van der Waals surface area contributed by atoms with Crippen LogP contribution in [0.25, 0.3) is 0 Å². The molecule has 0 amide bonds. The Morgan fingerprint density at radius 2 is 1.80 bits per heavy atom. The van der Waals surface area contributed by atoms with Crippen LogP contribution in [-0.4, -0.2) is 36.5 Å². The van der Waals surface area contributed by atoms with Gasteiger partial charge >= 0.3 is 0 Å².